The molecule has 0 amide bonds. The molecule has 0 radical (unpaired) electrons. The Morgan fingerprint density at radius 2 is 1.68 bits per heavy atom. The van der Waals surface area contributed by atoms with Gasteiger partial charge >= 0.3 is 14.4 Å². The van der Waals surface area contributed by atoms with Gasteiger partial charge < -0.3 is 4.30 Å². The van der Waals surface area contributed by atoms with Crippen molar-refractivity contribution in [3.8, 4) is 0 Å². The normalized spacial score (nSPS) is 10.8. The van der Waals surface area contributed by atoms with Crippen LogP contribution >= 0.6 is 0 Å². The van der Waals surface area contributed by atoms with E-state index in [1.165, 1.54) is 22.4 Å². The molecule has 25 heavy (non-hydrogen) atoms. The number of nitrogens with zero attached hydrogens (tertiary/aromatic N) is 1. The van der Waals surface area contributed by atoms with Crippen molar-refractivity contribution in [3.05, 3.63) is 95.6 Å². The molecule has 0 aromatic heterocycles. The first-order chi connectivity index (χ1) is 12.2. The minimum absolute atomic E-state index is 0.987. The lowest BCUT2D eigenvalue weighted by Gasteiger charge is -2.13. The number of benzene rings is 3. The van der Waals surface area contributed by atoms with Gasteiger partial charge in [-0.2, -0.15) is 0 Å². The second-order valence-corrected chi connectivity index (χ2v) is 8.91. The van der Waals surface area contributed by atoms with Crippen molar-refractivity contribution in [2.45, 2.75) is 18.0 Å². The Morgan fingerprint density at radius 3 is 2.48 bits per heavy atom. The van der Waals surface area contributed by atoms with Crippen molar-refractivity contribution < 1.29 is 0 Å². The zero-order chi connectivity index (χ0) is 17.5. The summed E-state index contributed by atoms with van der Waals surface area (Å²) in [4.78, 5) is 4.61. The number of hydrogen-bond donors (Lipinski definition) is 1. The first kappa shape index (κ1) is 17.5. The maximum Gasteiger partial charge on any atom is 0.412 e. The Morgan fingerprint density at radius 1 is 0.920 bits per heavy atom. The van der Waals surface area contributed by atoms with Crippen LogP contribution in [0.25, 0.3) is 0 Å². The largest absolute Gasteiger partial charge is 0.476 e. The minimum Gasteiger partial charge on any atom is -0.476 e. The van der Waals surface area contributed by atoms with Crippen LogP contribution in [-0.2, 0) is 5.28 Å². The van der Waals surface area contributed by atoms with E-state index in [2.05, 4.69) is 70.5 Å². The Bertz CT molecular complexity index is 843. The van der Waals surface area contributed by atoms with Crippen LogP contribution in [0.1, 0.15) is 16.7 Å². The molecule has 0 atom stereocenters. The highest BCUT2D eigenvalue weighted by Gasteiger charge is 2.14. The summed E-state index contributed by atoms with van der Waals surface area (Å²) in [6.07, 6.45) is 1.98. The second-order valence-electron chi connectivity index (χ2n) is 6.41. The standard InChI is InChI=1S/C14H12N.C7H8N.CH3.Al/c1-12-7-5-6-8-13(12)11-15-14-9-3-2-4-10-14;1-6-3-2-4-7(8)5-6;;/h2-11H,1H2;2-5,8H,1H3;1H3;/q;-1;;+1. The van der Waals surface area contributed by atoms with Crippen LogP contribution in [0.5, 0.6) is 0 Å². The van der Waals surface area contributed by atoms with Crippen molar-refractivity contribution in [2.24, 2.45) is 4.99 Å². The molecule has 0 saturated heterocycles. The molecule has 0 unspecified atom stereocenters. The van der Waals surface area contributed by atoms with Crippen LogP contribution in [0.2, 0.25) is 5.79 Å². The van der Waals surface area contributed by atoms with E-state index in [4.69, 9.17) is 0 Å². The number of aryl methyl sites for hydroxylation is 1. The van der Waals surface area contributed by atoms with E-state index in [-0.39, 0.29) is 0 Å². The topological polar surface area (TPSA) is 24.4 Å². The van der Waals surface area contributed by atoms with Crippen LogP contribution in [0.3, 0.4) is 0 Å². The molecule has 0 aliphatic carbocycles. The molecule has 0 heterocycles. The lowest BCUT2D eigenvalue weighted by atomic mass is 10.1. The molecule has 3 rings (SSSR count). The number of rotatable bonds is 6. The van der Waals surface area contributed by atoms with Crippen molar-refractivity contribution in [1.29, 1.82) is 0 Å². The van der Waals surface area contributed by atoms with Gasteiger partial charge in [-0.3, -0.25) is 4.99 Å². The number of para-hydroxylation sites is 1. The number of aliphatic imine (C=N–C) groups is 1. The predicted octanol–water partition coefficient (Wildman–Crippen LogP) is 5.56. The van der Waals surface area contributed by atoms with E-state index < -0.39 is 14.4 Å². The summed E-state index contributed by atoms with van der Waals surface area (Å²) < 4.78 is 3.73. The van der Waals surface area contributed by atoms with Gasteiger partial charge in [-0.25, -0.2) is 0 Å². The Labute approximate surface area is 154 Å². The first-order valence-electron chi connectivity index (χ1n) is 8.71. The van der Waals surface area contributed by atoms with Crippen LogP contribution < -0.4 is 4.30 Å². The highest BCUT2D eigenvalue weighted by Crippen LogP contribution is 2.15. The Hall–Kier alpha value is -2.34. The van der Waals surface area contributed by atoms with Crippen LogP contribution in [0, 0.1) is 6.92 Å². The summed E-state index contributed by atoms with van der Waals surface area (Å²) in [5.41, 5.74) is 6.08. The van der Waals surface area contributed by atoms with Gasteiger partial charge in [-0.05, 0) is 47.6 Å². The van der Waals surface area contributed by atoms with Crippen molar-refractivity contribution >= 4 is 32.0 Å². The van der Waals surface area contributed by atoms with Gasteiger partial charge in [-0.15, -0.1) is 0 Å². The fourth-order valence-corrected chi connectivity index (χ4v) is 4.79. The first-order valence-corrected chi connectivity index (χ1v) is 11.3. The molecule has 0 saturated carbocycles. The molecule has 0 aliphatic heterocycles. The monoisotopic (exact) mass is 342 g/mol. The van der Waals surface area contributed by atoms with Gasteiger partial charge in [0.25, 0.3) is 0 Å². The fourth-order valence-electron chi connectivity index (χ4n) is 2.90. The second kappa shape index (κ2) is 8.67. The fraction of sp³-hybridized carbons (Fsp3) is 0.136. The zero-order valence-electron chi connectivity index (χ0n) is 14.8. The van der Waals surface area contributed by atoms with E-state index in [0.717, 1.165) is 11.0 Å². The average molecular weight is 342 g/mol. The van der Waals surface area contributed by atoms with Crippen molar-refractivity contribution in [1.82, 2.24) is 0 Å². The molecular formula is C22H23AlN2. The molecule has 1 N–H and O–H groups in total. The van der Waals surface area contributed by atoms with Gasteiger partial charge in [0.2, 0.25) is 0 Å². The third-order valence-corrected chi connectivity index (χ3v) is 6.00. The molecule has 0 spiro atoms. The molecule has 3 heteroatoms. The van der Waals surface area contributed by atoms with Crippen LogP contribution in [0.4, 0.5) is 11.4 Å². The van der Waals surface area contributed by atoms with E-state index in [1.54, 1.807) is 0 Å². The molecule has 0 aliphatic rings. The van der Waals surface area contributed by atoms with Crippen molar-refractivity contribution in [3.63, 3.8) is 0 Å². The van der Waals surface area contributed by atoms with Gasteiger partial charge in [0.15, 0.2) is 0 Å². The molecule has 124 valence electrons. The van der Waals surface area contributed by atoms with Crippen LogP contribution in [0.15, 0.2) is 83.9 Å². The number of hydrogen-bond acceptors (Lipinski definition) is 2. The lowest BCUT2D eigenvalue weighted by molar-refractivity contribution is 1.33. The summed E-state index contributed by atoms with van der Waals surface area (Å²) in [7, 11) is 0. The molecule has 0 fully saturated rings. The van der Waals surface area contributed by atoms with E-state index in [9.17, 15) is 0 Å². The van der Waals surface area contributed by atoms with E-state index in [0.29, 0.717) is 0 Å². The summed E-state index contributed by atoms with van der Waals surface area (Å²) >= 11 is -1.11. The summed E-state index contributed by atoms with van der Waals surface area (Å²) in [5.74, 6) is 2.35. The van der Waals surface area contributed by atoms with Gasteiger partial charge in [0.1, 0.15) is 0 Å². The maximum absolute atomic E-state index is 4.61. The predicted molar refractivity (Wildman–Crippen MR) is 110 cm³/mol. The SMILES string of the molecule is Cc1cccc([NH][Al]([CH3])[CH2]c2ccccc2C=Nc2ccccc2)c1. The summed E-state index contributed by atoms with van der Waals surface area (Å²) in [6.45, 7) is 2.13. The minimum atomic E-state index is -1.11. The maximum atomic E-state index is 4.61. The van der Waals surface area contributed by atoms with Gasteiger partial charge in [-0.1, -0.05) is 65.9 Å². The quantitative estimate of drug-likeness (QED) is 0.460. The number of nitrogens with one attached hydrogen (secondary N) is 1. The third kappa shape index (κ3) is 5.32. The highest BCUT2D eigenvalue weighted by atomic mass is 27.2. The van der Waals surface area contributed by atoms with E-state index in [1.807, 2.05) is 36.5 Å². The Balaban J connectivity index is 1.71. The van der Waals surface area contributed by atoms with E-state index >= 15 is 0 Å². The highest BCUT2D eigenvalue weighted by molar-refractivity contribution is 6.60. The summed E-state index contributed by atoms with van der Waals surface area (Å²) in [5, 5.41) is 1.09. The lowest BCUT2D eigenvalue weighted by Crippen LogP contribution is -2.24. The van der Waals surface area contributed by atoms with Crippen molar-refractivity contribution in [2.75, 3.05) is 4.30 Å². The average Bonchev–Trinajstić information content (AvgIpc) is 2.62. The smallest absolute Gasteiger partial charge is 0.412 e. The van der Waals surface area contributed by atoms with Crippen LogP contribution in [-0.4, -0.2) is 20.6 Å². The number of anilines is 1. The zero-order valence-corrected chi connectivity index (χ0v) is 16.0. The molecule has 2 nitrogen and oxygen atoms in total. The molecule has 0 bridgehead atoms. The molecular weight excluding hydrogens is 319 g/mol. The summed E-state index contributed by atoms with van der Waals surface area (Å²) in [6, 6.07) is 27.3. The van der Waals surface area contributed by atoms with Gasteiger partial charge in [0, 0.05) is 11.9 Å². The molecule has 3 aromatic carbocycles. The third-order valence-electron chi connectivity index (χ3n) is 4.12. The Kier molecular flexibility index (Phi) is 6.06. The molecule has 3 aromatic rings. The van der Waals surface area contributed by atoms with Gasteiger partial charge in [0.05, 0.1) is 5.69 Å².